The van der Waals surface area contributed by atoms with Gasteiger partial charge in [0.05, 0.1) is 22.2 Å². The molecule has 1 aliphatic heterocycles. The minimum Gasteiger partial charge on any atom is -0.380 e. The molecule has 8 heteroatoms. The van der Waals surface area contributed by atoms with Gasteiger partial charge in [0.25, 0.3) is 11.8 Å². The molecule has 0 atom stereocenters. The van der Waals surface area contributed by atoms with Gasteiger partial charge in [-0.3, -0.25) is 14.6 Å². The Kier molecular flexibility index (Phi) is 7.47. The summed E-state index contributed by atoms with van der Waals surface area (Å²) in [6.07, 6.45) is 4.45. The highest BCUT2D eigenvalue weighted by atomic mass is 35.5. The molecule has 1 N–H and O–H groups in total. The number of nitrogens with zero attached hydrogens (tertiary/aromatic N) is 2. The molecule has 1 fully saturated rings. The van der Waals surface area contributed by atoms with Gasteiger partial charge < -0.3 is 15.0 Å². The molecule has 3 rings (SSSR count). The fourth-order valence-electron chi connectivity index (χ4n) is 3.37. The molecule has 29 heavy (non-hydrogen) atoms. The van der Waals surface area contributed by atoms with Crippen LogP contribution in [-0.2, 0) is 11.3 Å². The summed E-state index contributed by atoms with van der Waals surface area (Å²) < 4.78 is 5.08. The van der Waals surface area contributed by atoms with Crippen LogP contribution in [0.3, 0.4) is 0 Å². The van der Waals surface area contributed by atoms with Crippen LogP contribution in [0.15, 0.2) is 36.7 Å². The van der Waals surface area contributed by atoms with Crippen molar-refractivity contribution in [3.8, 4) is 0 Å². The Balaban J connectivity index is 1.48. The van der Waals surface area contributed by atoms with Crippen LogP contribution in [0.25, 0.3) is 0 Å². The molecule has 0 radical (unpaired) electrons. The number of carbonyl (C=O) groups is 2. The summed E-state index contributed by atoms with van der Waals surface area (Å²) >= 11 is 12.2. The Labute approximate surface area is 180 Å². The number of hydrogen-bond donors (Lipinski definition) is 1. The maximum atomic E-state index is 12.7. The predicted molar refractivity (Wildman–Crippen MR) is 112 cm³/mol. The number of methoxy groups -OCH3 is 1. The molecule has 0 unspecified atom stereocenters. The lowest BCUT2D eigenvalue weighted by Gasteiger charge is -2.32. The van der Waals surface area contributed by atoms with Gasteiger partial charge in [0.15, 0.2) is 0 Å². The van der Waals surface area contributed by atoms with Crippen LogP contribution >= 0.6 is 23.2 Å². The van der Waals surface area contributed by atoms with Gasteiger partial charge in [-0.15, -0.1) is 0 Å². The van der Waals surface area contributed by atoms with Crippen LogP contribution in [0.4, 0.5) is 0 Å². The second kappa shape index (κ2) is 10.1. The number of carbonyl (C=O) groups excluding carboxylic acids is 2. The van der Waals surface area contributed by atoms with Gasteiger partial charge in [0.2, 0.25) is 0 Å². The number of ether oxygens (including phenoxy) is 1. The van der Waals surface area contributed by atoms with Crippen molar-refractivity contribution in [3.05, 3.63) is 63.4 Å². The predicted octanol–water partition coefficient (Wildman–Crippen LogP) is 3.82. The molecule has 2 aromatic rings. The van der Waals surface area contributed by atoms with Gasteiger partial charge >= 0.3 is 0 Å². The van der Waals surface area contributed by atoms with Crippen molar-refractivity contribution < 1.29 is 14.3 Å². The number of nitrogens with one attached hydrogen (secondary N) is 1. The first-order valence-electron chi connectivity index (χ1n) is 9.44. The monoisotopic (exact) mass is 435 g/mol. The van der Waals surface area contributed by atoms with E-state index in [1.807, 2.05) is 12.1 Å². The molecule has 1 aromatic carbocycles. The second-order valence-corrected chi connectivity index (χ2v) is 7.87. The van der Waals surface area contributed by atoms with E-state index in [2.05, 4.69) is 10.3 Å². The maximum Gasteiger partial charge on any atom is 0.257 e. The molecule has 154 valence electrons. The SMILES string of the molecule is COCc1ccc(C(=O)NCC2CCN(C(=O)c3c(Cl)cncc3Cl)CC2)cc1. The van der Waals surface area contributed by atoms with Crippen molar-refractivity contribution in [2.45, 2.75) is 19.4 Å². The third kappa shape index (κ3) is 5.47. The van der Waals surface area contributed by atoms with E-state index >= 15 is 0 Å². The van der Waals surface area contributed by atoms with Crippen LogP contribution < -0.4 is 5.32 Å². The van der Waals surface area contributed by atoms with E-state index < -0.39 is 0 Å². The number of pyridine rings is 1. The lowest BCUT2D eigenvalue weighted by molar-refractivity contribution is 0.0684. The third-order valence-corrected chi connectivity index (χ3v) is 5.62. The first-order valence-corrected chi connectivity index (χ1v) is 10.2. The standard InChI is InChI=1S/C21H23Cl2N3O3/c1-29-13-15-2-4-16(5-3-15)20(27)25-10-14-6-8-26(9-7-14)21(28)19-17(22)11-24-12-18(19)23/h2-5,11-12,14H,6-10,13H2,1H3,(H,25,27). The molecule has 2 amide bonds. The molecule has 1 aliphatic rings. The zero-order chi connectivity index (χ0) is 20.8. The van der Waals surface area contributed by atoms with Crippen LogP contribution in [0.1, 0.15) is 39.1 Å². The average molecular weight is 436 g/mol. The zero-order valence-electron chi connectivity index (χ0n) is 16.2. The lowest BCUT2D eigenvalue weighted by Crippen LogP contribution is -2.41. The minimum absolute atomic E-state index is 0.0946. The van der Waals surface area contributed by atoms with Crippen LogP contribution in [0, 0.1) is 5.92 Å². The van der Waals surface area contributed by atoms with Crippen molar-refractivity contribution in [2.24, 2.45) is 5.92 Å². The summed E-state index contributed by atoms with van der Waals surface area (Å²) in [5.41, 5.74) is 1.95. The summed E-state index contributed by atoms with van der Waals surface area (Å²) in [6.45, 7) is 2.30. The normalized spacial score (nSPS) is 14.7. The molecule has 1 aromatic heterocycles. The number of rotatable bonds is 6. The van der Waals surface area contributed by atoms with Crippen molar-refractivity contribution in [1.29, 1.82) is 0 Å². The van der Waals surface area contributed by atoms with Gasteiger partial charge in [0.1, 0.15) is 0 Å². The quantitative estimate of drug-likeness (QED) is 0.748. The highest BCUT2D eigenvalue weighted by Gasteiger charge is 2.26. The molecule has 0 bridgehead atoms. The first kappa shape index (κ1) is 21.6. The van der Waals surface area contributed by atoms with E-state index in [-0.39, 0.29) is 21.9 Å². The number of likely N-dealkylation sites (tertiary alicyclic amines) is 1. The fourth-order valence-corrected chi connectivity index (χ4v) is 3.90. The number of aromatic nitrogens is 1. The van der Waals surface area contributed by atoms with Crippen molar-refractivity contribution >= 4 is 35.0 Å². The third-order valence-electron chi connectivity index (χ3n) is 5.05. The molecular weight excluding hydrogens is 413 g/mol. The Bertz CT molecular complexity index is 846. The van der Waals surface area contributed by atoms with Gasteiger partial charge in [-0.05, 0) is 36.5 Å². The number of halogens is 2. The van der Waals surface area contributed by atoms with E-state index in [1.54, 1.807) is 24.1 Å². The zero-order valence-corrected chi connectivity index (χ0v) is 17.7. The van der Waals surface area contributed by atoms with Gasteiger partial charge in [-0.2, -0.15) is 0 Å². The topological polar surface area (TPSA) is 71.5 Å². The maximum absolute atomic E-state index is 12.7. The molecule has 6 nitrogen and oxygen atoms in total. The molecule has 0 aliphatic carbocycles. The Morgan fingerprint density at radius 3 is 2.34 bits per heavy atom. The van der Waals surface area contributed by atoms with Gasteiger partial charge in [-0.25, -0.2) is 0 Å². The summed E-state index contributed by atoms with van der Waals surface area (Å²) in [5, 5.41) is 3.51. The van der Waals surface area contributed by atoms with E-state index in [4.69, 9.17) is 27.9 Å². The molecule has 2 heterocycles. The van der Waals surface area contributed by atoms with Gasteiger partial charge in [0, 0.05) is 44.7 Å². The average Bonchev–Trinajstić information content (AvgIpc) is 2.73. The molecule has 1 saturated heterocycles. The number of benzene rings is 1. The van der Waals surface area contributed by atoms with Crippen LogP contribution in [-0.4, -0.2) is 48.4 Å². The smallest absolute Gasteiger partial charge is 0.257 e. The highest BCUT2D eigenvalue weighted by molar-refractivity contribution is 6.39. The number of hydrogen-bond acceptors (Lipinski definition) is 4. The van der Waals surface area contributed by atoms with Gasteiger partial charge in [-0.1, -0.05) is 35.3 Å². The Morgan fingerprint density at radius 2 is 1.76 bits per heavy atom. The molecular formula is C21H23Cl2N3O3. The minimum atomic E-state index is -0.180. The van der Waals surface area contributed by atoms with E-state index in [0.717, 1.165) is 18.4 Å². The van der Waals surface area contributed by atoms with Crippen LogP contribution in [0.5, 0.6) is 0 Å². The fraction of sp³-hybridized carbons (Fsp3) is 0.381. The van der Waals surface area contributed by atoms with Crippen molar-refractivity contribution in [3.63, 3.8) is 0 Å². The van der Waals surface area contributed by atoms with E-state index in [0.29, 0.717) is 43.3 Å². The number of piperidine rings is 1. The Hall–Kier alpha value is -2.15. The van der Waals surface area contributed by atoms with Crippen LogP contribution in [0.2, 0.25) is 10.0 Å². The van der Waals surface area contributed by atoms with E-state index in [9.17, 15) is 9.59 Å². The Morgan fingerprint density at radius 1 is 1.14 bits per heavy atom. The molecule has 0 spiro atoms. The summed E-state index contributed by atoms with van der Waals surface area (Å²) in [7, 11) is 1.64. The number of amides is 2. The second-order valence-electron chi connectivity index (χ2n) is 7.05. The first-order chi connectivity index (χ1) is 14.0. The lowest BCUT2D eigenvalue weighted by atomic mass is 9.96. The largest absolute Gasteiger partial charge is 0.380 e. The van der Waals surface area contributed by atoms with Crippen molar-refractivity contribution in [2.75, 3.05) is 26.7 Å². The van der Waals surface area contributed by atoms with Crippen molar-refractivity contribution in [1.82, 2.24) is 15.2 Å². The molecule has 0 saturated carbocycles. The summed E-state index contributed by atoms with van der Waals surface area (Å²) in [5.74, 6) is 0.0444. The van der Waals surface area contributed by atoms with E-state index in [1.165, 1.54) is 12.4 Å². The highest BCUT2D eigenvalue weighted by Crippen LogP contribution is 2.26. The summed E-state index contributed by atoms with van der Waals surface area (Å²) in [4.78, 5) is 30.7. The summed E-state index contributed by atoms with van der Waals surface area (Å²) in [6, 6.07) is 7.37.